The molecule has 0 aromatic heterocycles. The van der Waals surface area contributed by atoms with E-state index in [-0.39, 0.29) is 31.5 Å². The SMILES string of the molecule is CC/C=C\C/C=C\C/C=C\C/C=C\C/C=C\CCCCCCCCCC(=O)OC(/C=C\CCCCCCCCCCCCC)C(COP(=O)(O)OCC[N+](C)(C)C)NC(=O)CCCCC/C=C/C=C/CCCCCCCCC. The zero-order chi connectivity index (χ0) is 57.2. The fourth-order valence-electron chi connectivity index (χ4n) is 8.84. The van der Waals surface area contributed by atoms with Gasteiger partial charge < -0.3 is 19.4 Å². The average Bonchev–Trinajstić information content (AvgIpc) is 3.40. The van der Waals surface area contributed by atoms with Crippen LogP contribution in [0.2, 0.25) is 0 Å². The number of nitrogens with one attached hydrogen (secondary N) is 1. The lowest BCUT2D eigenvalue weighted by molar-refractivity contribution is -0.870. The van der Waals surface area contributed by atoms with E-state index in [4.69, 9.17) is 13.8 Å². The molecule has 2 N–H and O–H groups in total. The maximum absolute atomic E-state index is 13.5. The van der Waals surface area contributed by atoms with Gasteiger partial charge in [0.25, 0.3) is 0 Å². The Kier molecular flexibility index (Phi) is 54.9. The van der Waals surface area contributed by atoms with Crippen LogP contribution >= 0.6 is 7.82 Å². The number of hydrogen-bond acceptors (Lipinski definition) is 6. The Balaban J connectivity index is 5.30. The third kappa shape index (κ3) is 57.6. The molecule has 1 amide bonds. The summed E-state index contributed by atoms with van der Waals surface area (Å²) in [7, 11) is 1.46. The minimum Gasteiger partial charge on any atom is -0.456 e. The molecule has 0 aliphatic carbocycles. The van der Waals surface area contributed by atoms with Crippen molar-refractivity contribution in [3.8, 4) is 0 Å². The lowest BCUT2D eigenvalue weighted by Crippen LogP contribution is -2.47. The van der Waals surface area contributed by atoms with Crippen molar-refractivity contribution in [2.24, 2.45) is 0 Å². The van der Waals surface area contributed by atoms with Gasteiger partial charge in [0.15, 0.2) is 0 Å². The monoisotopic (exact) mass is 1110 g/mol. The average molecular weight is 1110 g/mol. The van der Waals surface area contributed by atoms with Gasteiger partial charge in [-0.15, -0.1) is 0 Å². The Morgan fingerprint density at radius 1 is 0.474 bits per heavy atom. The molecule has 10 heteroatoms. The number of carbonyl (C=O) groups excluding carboxylic acids is 2. The molecule has 78 heavy (non-hydrogen) atoms. The number of ether oxygens (including phenoxy) is 1. The van der Waals surface area contributed by atoms with Gasteiger partial charge in [0.05, 0.1) is 33.8 Å². The van der Waals surface area contributed by atoms with Gasteiger partial charge in [-0.25, -0.2) is 4.57 Å². The van der Waals surface area contributed by atoms with Crippen molar-refractivity contribution >= 4 is 19.7 Å². The molecule has 0 heterocycles. The third-order valence-electron chi connectivity index (χ3n) is 13.8. The highest BCUT2D eigenvalue weighted by molar-refractivity contribution is 7.47. The second-order valence-electron chi connectivity index (χ2n) is 22.6. The highest BCUT2D eigenvalue weighted by atomic mass is 31.2. The van der Waals surface area contributed by atoms with Crippen LogP contribution in [0, 0.1) is 0 Å². The summed E-state index contributed by atoms with van der Waals surface area (Å²) >= 11 is 0. The van der Waals surface area contributed by atoms with E-state index >= 15 is 0 Å². The second-order valence-corrected chi connectivity index (χ2v) is 24.0. The number of nitrogens with zero attached hydrogens (tertiary/aromatic N) is 1. The van der Waals surface area contributed by atoms with Gasteiger partial charge in [-0.1, -0.05) is 253 Å². The molecule has 0 aliphatic rings. The van der Waals surface area contributed by atoms with Gasteiger partial charge >= 0.3 is 13.8 Å². The summed E-state index contributed by atoms with van der Waals surface area (Å²) in [6.45, 7) is 6.87. The summed E-state index contributed by atoms with van der Waals surface area (Å²) in [6, 6.07) is -0.872. The van der Waals surface area contributed by atoms with Crippen molar-refractivity contribution in [1.29, 1.82) is 0 Å². The molecule has 450 valence electrons. The van der Waals surface area contributed by atoms with Crippen molar-refractivity contribution in [2.45, 2.75) is 283 Å². The van der Waals surface area contributed by atoms with Gasteiger partial charge in [0, 0.05) is 12.8 Å². The van der Waals surface area contributed by atoms with E-state index in [2.05, 4.69) is 111 Å². The normalized spacial score (nSPS) is 14.3. The van der Waals surface area contributed by atoms with Crippen LogP contribution in [0.4, 0.5) is 0 Å². The fourth-order valence-corrected chi connectivity index (χ4v) is 9.58. The first-order chi connectivity index (χ1) is 37.9. The number of phosphoric ester groups is 1. The fraction of sp³-hybridized carbons (Fsp3) is 0.735. The molecule has 0 aromatic carbocycles. The van der Waals surface area contributed by atoms with Crippen LogP contribution in [0.1, 0.15) is 271 Å². The van der Waals surface area contributed by atoms with Crippen LogP contribution < -0.4 is 5.32 Å². The van der Waals surface area contributed by atoms with Crippen LogP contribution in [0.5, 0.6) is 0 Å². The molecule has 0 saturated heterocycles. The molecule has 0 aromatic rings. The number of unbranched alkanes of at least 4 members (excludes halogenated alkanes) is 28. The van der Waals surface area contributed by atoms with E-state index < -0.39 is 20.0 Å². The van der Waals surface area contributed by atoms with Gasteiger partial charge in [-0.05, 0) is 102 Å². The number of amides is 1. The van der Waals surface area contributed by atoms with E-state index in [1.807, 2.05) is 33.3 Å². The van der Waals surface area contributed by atoms with Crippen molar-refractivity contribution < 1.29 is 37.3 Å². The number of esters is 1. The predicted molar refractivity (Wildman–Crippen MR) is 337 cm³/mol. The summed E-state index contributed by atoms with van der Waals surface area (Å²) in [5, 5.41) is 3.04. The van der Waals surface area contributed by atoms with Gasteiger partial charge in [-0.3, -0.25) is 18.6 Å². The molecule has 0 rings (SSSR count). The van der Waals surface area contributed by atoms with E-state index in [1.54, 1.807) is 0 Å². The Hall–Kier alpha value is -3.07. The molecule has 3 unspecified atom stereocenters. The number of allylic oxidation sites excluding steroid dienone is 15. The maximum atomic E-state index is 13.5. The first-order valence-corrected chi connectivity index (χ1v) is 33.6. The summed E-state index contributed by atoms with van der Waals surface area (Å²) in [6.07, 6.45) is 76.9. The lowest BCUT2D eigenvalue weighted by Gasteiger charge is -2.27. The molecule has 0 bridgehead atoms. The van der Waals surface area contributed by atoms with Crippen molar-refractivity contribution in [3.63, 3.8) is 0 Å². The Morgan fingerprint density at radius 3 is 1.32 bits per heavy atom. The number of hydrogen-bond donors (Lipinski definition) is 2. The minimum atomic E-state index is -4.46. The zero-order valence-electron chi connectivity index (χ0n) is 51.4. The predicted octanol–water partition coefficient (Wildman–Crippen LogP) is 19.9. The highest BCUT2D eigenvalue weighted by Crippen LogP contribution is 2.43. The molecule has 0 saturated carbocycles. The molecule has 0 radical (unpaired) electrons. The Labute approximate surface area is 481 Å². The highest BCUT2D eigenvalue weighted by Gasteiger charge is 2.30. The van der Waals surface area contributed by atoms with E-state index in [9.17, 15) is 19.0 Å². The summed E-state index contributed by atoms with van der Waals surface area (Å²) in [5.41, 5.74) is 0. The maximum Gasteiger partial charge on any atom is 0.472 e. The Morgan fingerprint density at radius 2 is 0.859 bits per heavy atom. The van der Waals surface area contributed by atoms with E-state index in [0.717, 1.165) is 109 Å². The molecule has 3 atom stereocenters. The number of quaternary nitrogens is 1. The number of likely N-dealkylation sites (N-methyl/N-ethyl adjacent to an activating group) is 1. The summed E-state index contributed by atoms with van der Waals surface area (Å²) in [5.74, 6) is -0.549. The third-order valence-corrected chi connectivity index (χ3v) is 14.8. The van der Waals surface area contributed by atoms with Gasteiger partial charge in [0.1, 0.15) is 19.3 Å². The van der Waals surface area contributed by atoms with E-state index in [0.29, 0.717) is 23.9 Å². The molecule has 9 nitrogen and oxygen atoms in total. The molecular weight excluding hydrogens is 988 g/mol. The zero-order valence-corrected chi connectivity index (χ0v) is 52.3. The summed E-state index contributed by atoms with van der Waals surface area (Å²) in [4.78, 5) is 37.8. The summed E-state index contributed by atoms with van der Waals surface area (Å²) < 4.78 is 30.7. The smallest absolute Gasteiger partial charge is 0.456 e. The largest absolute Gasteiger partial charge is 0.472 e. The van der Waals surface area contributed by atoms with Crippen molar-refractivity contribution in [2.75, 3.05) is 40.9 Å². The number of rotatable bonds is 57. The topological polar surface area (TPSA) is 111 Å². The molecule has 0 spiro atoms. The Bertz CT molecular complexity index is 1660. The van der Waals surface area contributed by atoms with Crippen LogP contribution in [0.25, 0.3) is 0 Å². The number of carbonyl (C=O) groups is 2. The van der Waals surface area contributed by atoms with Crippen LogP contribution in [-0.4, -0.2) is 74.3 Å². The van der Waals surface area contributed by atoms with Crippen molar-refractivity contribution in [1.82, 2.24) is 5.32 Å². The first-order valence-electron chi connectivity index (χ1n) is 32.1. The second kappa shape index (κ2) is 57.2. The first kappa shape index (κ1) is 74.9. The lowest BCUT2D eigenvalue weighted by atomic mass is 10.0. The van der Waals surface area contributed by atoms with Gasteiger partial charge in [-0.2, -0.15) is 0 Å². The standard InChI is InChI=1S/C68H121N2O7P/c1-7-10-13-16-19-22-25-28-30-32-33-34-35-36-37-38-40-43-46-49-52-55-58-61-68(72)77-66(59-56-53-50-47-44-41-27-24-21-18-15-12-9-3)65(64-76-78(73,74)75-63-62-70(4,5)6)69-67(71)60-57-54-51-48-45-42-39-31-29-26-23-20-17-14-11-8-2/h10,13,19,22,28,30-31,33-34,36-37,39,42,45,56,59,65-66H,7-9,11-12,14-18,20-21,23-27,29,32,35,38,40-41,43-44,46-55,57-58,60-64H2,1-6H3,(H-,69,71,73,74)/p+1/b13-10-,22-19-,30-28-,34-33-,37-36-,39-31+,45-42+,59-56-. The van der Waals surface area contributed by atoms with Crippen LogP contribution in [0.3, 0.4) is 0 Å². The molecule has 0 fully saturated rings. The molecule has 0 aliphatic heterocycles. The van der Waals surface area contributed by atoms with Crippen LogP contribution in [0.15, 0.2) is 97.2 Å². The van der Waals surface area contributed by atoms with E-state index in [1.165, 1.54) is 122 Å². The van der Waals surface area contributed by atoms with Gasteiger partial charge in [0.2, 0.25) is 5.91 Å². The quantitative estimate of drug-likeness (QED) is 0.0156. The molecular formula is C68H122N2O7P+. The van der Waals surface area contributed by atoms with Crippen molar-refractivity contribution in [3.05, 3.63) is 97.2 Å². The van der Waals surface area contributed by atoms with Crippen LogP contribution in [-0.2, 0) is 27.9 Å². The minimum absolute atomic E-state index is 0.0292. The number of phosphoric acid groups is 1.